The second-order valence-corrected chi connectivity index (χ2v) is 6.70. The molecule has 0 saturated heterocycles. The number of benzene rings is 1. The van der Waals surface area contributed by atoms with Gasteiger partial charge in [-0.1, -0.05) is 30.1 Å². The van der Waals surface area contributed by atoms with Crippen LogP contribution in [0.2, 0.25) is 10.0 Å². The van der Waals surface area contributed by atoms with Crippen LogP contribution in [0.15, 0.2) is 45.4 Å². The van der Waals surface area contributed by atoms with Gasteiger partial charge in [-0.15, -0.1) is 10.2 Å². The van der Waals surface area contributed by atoms with Gasteiger partial charge in [-0.2, -0.15) is 0 Å². The van der Waals surface area contributed by atoms with Gasteiger partial charge in [-0.3, -0.25) is 9.69 Å². The summed E-state index contributed by atoms with van der Waals surface area (Å²) < 4.78 is 10.9. The highest BCUT2D eigenvalue weighted by molar-refractivity contribution is 6.35. The molecule has 1 amide bonds. The Hall–Kier alpha value is -2.35. The second kappa shape index (κ2) is 9.03. The minimum atomic E-state index is -0.210. The van der Waals surface area contributed by atoms with E-state index in [0.717, 1.165) is 6.42 Å². The van der Waals surface area contributed by atoms with E-state index in [4.69, 9.17) is 32.0 Å². The number of nitrogens with zero attached hydrogens (tertiary/aromatic N) is 3. The standard InChI is InChI=1S/C18H18Cl2N4O3/c1-2-7-24(10-16(25)21-14-9-12(19)5-6-13(14)20)11-17-22-23-18(27-17)15-4-3-8-26-15/h3-6,8-9H,2,7,10-11H2,1H3,(H,21,25). The number of rotatable bonds is 8. The van der Waals surface area contributed by atoms with Gasteiger partial charge < -0.3 is 14.2 Å². The van der Waals surface area contributed by atoms with Gasteiger partial charge in [0, 0.05) is 5.02 Å². The largest absolute Gasteiger partial charge is 0.459 e. The first-order valence-electron chi connectivity index (χ1n) is 8.38. The van der Waals surface area contributed by atoms with Crippen molar-refractivity contribution in [2.75, 3.05) is 18.4 Å². The van der Waals surface area contributed by atoms with E-state index in [1.54, 1.807) is 30.3 Å². The first-order valence-corrected chi connectivity index (χ1v) is 9.14. The van der Waals surface area contributed by atoms with Gasteiger partial charge in [0.25, 0.3) is 5.89 Å². The van der Waals surface area contributed by atoms with Crippen LogP contribution in [0.4, 0.5) is 5.69 Å². The number of amides is 1. The molecule has 3 rings (SSSR count). The number of hydrogen-bond donors (Lipinski definition) is 1. The lowest BCUT2D eigenvalue weighted by molar-refractivity contribution is -0.117. The van der Waals surface area contributed by atoms with Gasteiger partial charge in [0.15, 0.2) is 5.76 Å². The molecule has 0 radical (unpaired) electrons. The van der Waals surface area contributed by atoms with Crippen molar-refractivity contribution in [3.63, 3.8) is 0 Å². The Kier molecular flexibility index (Phi) is 6.49. The summed E-state index contributed by atoms with van der Waals surface area (Å²) in [6, 6.07) is 8.39. The first-order chi connectivity index (χ1) is 13.0. The molecular weight excluding hydrogens is 391 g/mol. The molecule has 27 heavy (non-hydrogen) atoms. The molecule has 3 aromatic rings. The highest BCUT2D eigenvalue weighted by Gasteiger charge is 2.17. The van der Waals surface area contributed by atoms with Gasteiger partial charge in [0.05, 0.1) is 30.1 Å². The third-order valence-electron chi connectivity index (χ3n) is 3.67. The molecule has 2 aromatic heterocycles. The minimum Gasteiger partial charge on any atom is -0.459 e. The molecular formula is C18H18Cl2N4O3. The van der Waals surface area contributed by atoms with Crippen molar-refractivity contribution < 1.29 is 13.6 Å². The molecule has 0 spiro atoms. The van der Waals surface area contributed by atoms with E-state index in [-0.39, 0.29) is 12.5 Å². The van der Waals surface area contributed by atoms with Crippen molar-refractivity contribution >= 4 is 34.8 Å². The summed E-state index contributed by atoms with van der Waals surface area (Å²) in [5.74, 6) is 1.01. The van der Waals surface area contributed by atoms with Crippen LogP contribution in [0.25, 0.3) is 11.7 Å². The van der Waals surface area contributed by atoms with E-state index in [9.17, 15) is 4.79 Å². The SMILES string of the molecule is CCCN(CC(=O)Nc1cc(Cl)ccc1Cl)Cc1nnc(-c2ccco2)o1. The molecule has 0 unspecified atom stereocenters. The fourth-order valence-corrected chi connectivity index (χ4v) is 2.86. The lowest BCUT2D eigenvalue weighted by Gasteiger charge is -2.19. The maximum absolute atomic E-state index is 12.4. The Morgan fingerprint density at radius 1 is 1.26 bits per heavy atom. The third-order valence-corrected chi connectivity index (χ3v) is 4.23. The summed E-state index contributed by atoms with van der Waals surface area (Å²) >= 11 is 12.0. The molecule has 0 aliphatic carbocycles. The molecule has 0 aliphatic heterocycles. The van der Waals surface area contributed by atoms with Crippen molar-refractivity contribution in [2.45, 2.75) is 19.9 Å². The predicted molar refractivity (Wildman–Crippen MR) is 103 cm³/mol. The zero-order valence-electron chi connectivity index (χ0n) is 14.6. The fourth-order valence-electron chi connectivity index (χ4n) is 2.52. The van der Waals surface area contributed by atoms with Crippen molar-refractivity contribution in [1.29, 1.82) is 0 Å². The summed E-state index contributed by atoms with van der Waals surface area (Å²) in [7, 11) is 0. The normalized spacial score (nSPS) is 11.1. The molecule has 0 saturated carbocycles. The maximum Gasteiger partial charge on any atom is 0.283 e. The highest BCUT2D eigenvalue weighted by atomic mass is 35.5. The first kappa shape index (κ1) is 19.4. The smallest absolute Gasteiger partial charge is 0.283 e. The Morgan fingerprint density at radius 3 is 2.85 bits per heavy atom. The number of aromatic nitrogens is 2. The summed E-state index contributed by atoms with van der Waals surface area (Å²) in [5.41, 5.74) is 0.475. The quantitative estimate of drug-likeness (QED) is 0.590. The van der Waals surface area contributed by atoms with Crippen LogP contribution < -0.4 is 5.32 Å². The molecule has 2 heterocycles. The summed E-state index contributed by atoms with van der Waals surface area (Å²) in [4.78, 5) is 14.3. The van der Waals surface area contributed by atoms with Crippen LogP contribution in [0.3, 0.4) is 0 Å². The van der Waals surface area contributed by atoms with Gasteiger partial charge in [0.2, 0.25) is 11.8 Å². The molecule has 142 valence electrons. The Bertz CT molecular complexity index is 896. The van der Waals surface area contributed by atoms with E-state index in [0.29, 0.717) is 46.4 Å². The van der Waals surface area contributed by atoms with Crippen molar-refractivity contribution in [3.05, 3.63) is 52.5 Å². The number of hydrogen-bond acceptors (Lipinski definition) is 6. The molecule has 1 N–H and O–H groups in total. The van der Waals surface area contributed by atoms with Crippen LogP contribution in [0.5, 0.6) is 0 Å². The summed E-state index contributed by atoms with van der Waals surface area (Å²) in [6.07, 6.45) is 2.40. The average molecular weight is 409 g/mol. The van der Waals surface area contributed by atoms with Crippen LogP contribution in [-0.4, -0.2) is 34.1 Å². The predicted octanol–water partition coefficient (Wildman–Crippen LogP) is 4.49. The zero-order chi connectivity index (χ0) is 19.2. The molecule has 9 heteroatoms. The zero-order valence-corrected chi connectivity index (χ0v) is 16.1. The van der Waals surface area contributed by atoms with Crippen LogP contribution in [-0.2, 0) is 11.3 Å². The number of furan rings is 1. The van der Waals surface area contributed by atoms with Gasteiger partial charge >= 0.3 is 0 Å². The molecule has 7 nitrogen and oxygen atoms in total. The van der Waals surface area contributed by atoms with E-state index in [2.05, 4.69) is 15.5 Å². The number of carbonyl (C=O) groups excluding carboxylic acids is 1. The van der Waals surface area contributed by atoms with Crippen molar-refractivity contribution in [3.8, 4) is 11.7 Å². The topological polar surface area (TPSA) is 84.4 Å². The number of anilines is 1. The van der Waals surface area contributed by atoms with E-state index < -0.39 is 0 Å². The summed E-state index contributed by atoms with van der Waals surface area (Å²) in [5, 5.41) is 11.7. The van der Waals surface area contributed by atoms with Crippen LogP contribution in [0, 0.1) is 0 Å². The molecule has 0 fully saturated rings. The van der Waals surface area contributed by atoms with Gasteiger partial charge in [-0.25, -0.2) is 0 Å². The van der Waals surface area contributed by atoms with Crippen molar-refractivity contribution in [1.82, 2.24) is 15.1 Å². The minimum absolute atomic E-state index is 0.148. The monoisotopic (exact) mass is 408 g/mol. The van der Waals surface area contributed by atoms with E-state index in [1.807, 2.05) is 11.8 Å². The van der Waals surface area contributed by atoms with Crippen molar-refractivity contribution in [2.24, 2.45) is 0 Å². The number of carbonyl (C=O) groups is 1. The Balaban J connectivity index is 1.63. The number of nitrogens with one attached hydrogen (secondary N) is 1. The lowest BCUT2D eigenvalue weighted by Crippen LogP contribution is -2.33. The second-order valence-electron chi connectivity index (χ2n) is 5.86. The maximum atomic E-state index is 12.4. The molecule has 0 aliphatic rings. The van der Waals surface area contributed by atoms with Crippen LogP contribution >= 0.6 is 23.2 Å². The van der Waals surface area contributed by atoms with E-state index in [1.165, 1.54) is 6.26 Å². The Labute approximate surface area is 166 Å². The van der Waals surface area contributed by atoms with Gasteiger partial charge in [0.1, 0.15) is 0 Å². The number of halogens is 2. The Morgan fingerprint density at radius 2 is 2.11 bits per heavy atom. The fraction of sp³-hybridized carbons (Fsp3) is 0.278. The van der Waals surface area contributed by atoms with Gasteiger partial charge in [-0.05, 0) is 43.3 Å². The lowest BCUT2D eigenvalue weighted by atomic mass is 10.3. The third kappa shape index (κ3) is 5.32. The molecule has 0 atom stereocenters. The summed E-state index contributed by atoms with van der Waals surface area (Å²) in [6.45, 7) is 3.21. The molecule has 0 bridgehead atoms. The van der Waals surface area contributed by atoms with E-state index >= 15 is 0 Å². The highest BCUT2D eigenvalue weighted by Crippen LogP contribution is 2.25. The average Bonchev–Trinajstić information content (AvgIpc) is 3.29. The molecule has 1 aromatic carbocycles. The van der Waals surface area contributed by atoms with Crippen LogP contribution in [0.1, 0.15) is 19.2 Å².